The number of aliphatic carboxylic acids is 1. The van der Waals surface area contributed by atoms with Gasteiger partial charge in [0.05, 0.1) is 5.92 Å². The molecule has 0 aliphatic rings. The predicted molar refractivity (Wildman–Crippen MR) is 80.0 cm³/mol. The van der Waals surface area contributed by atoms with E-state index in [0.29, 0.717) is 13.0 Å². The maximum Gasteiger partial charge on any atom is 0.407 e. The highest BCUT2D eigenvalue weighted by Gasteiger charge is 2.16. The largest absolute Gasteiger partial charge is 0.481 e. The average molecular weight is 293 g/mol. The van der Waals surface area contributed by atoms with Crippen molar-refractivity contribution < 1.29 is 19.4 Å². The van der Waals surface area contributed by atoms with Crippen molar-refractivity contribution in [3.05, 3.63) is 35.4 Å². The number of hydrogen-bond donors (Lipinski definition) is 2. The minimum Gasteiger partial charge on any atom is -0.481 e. The van der Waals surface area contributed by atoms with Crippen LogP contribution in [0.25, 0.3) is 0 Å². The van der Waals surface area contributed by atoms with Gasteiger partial charge in [-0.3, -0.25) is 4.79 Å². The number of rotatable bonds is 5. The van der Waals surface area contributed by atoms with Gasteiger partial charge in [-0.05, 0) is 38.3 Å². The van der Waals surface area contributed by atoms with Crippen molar-refractivity contribution in [2.75, 3.05) is 0 Å². The van der Waals surface area contributed by atoms with Gasteiger partial charge in [-0.2, -0.15) is 0 Å². The fourth-order valence-electron chi connectivity index (χ4n) is 1.80. The van der Waals surface area contributed by atoms with Gasteiger partial charge in [-0.25, -0.2) is 4.79 Å². The van der Waals surface area contributed by atoms with Crippen molar-refractivity contribution in [3.63, 3.8) is 0 Å². The van der Waals surface area contributed by atoms with Crippen LogP contribution in [0.1, 0.15) is 38.8 Å². The van der Waals surface area contributed by atoms with Crippen molar-refractivity contribution in [1.29, 1.82) is 0 Å². The first-order valence-corrected chi connectivity index (χ1v) is 6.95. The molecule has 21 heavy (non-hydrogen) atoms. The lowest BCUT2D eigenvalue weighted by molar-refractivity contribution is -0.141. The predicted octanol–water partition coefficient (Wildman–Crippen LogP) is 2.97. The van der Waals surface area contributed by atoms with Gasteiger partial charge in [-0.15, -0.1) is 0 Å². The third-order valence-electron chi connectivity index (χ3n) is 2.79. The molecule has 116 valence electrons. The molecule has 1 unspecified atom stereocenters. The van der Waals surface area contributed by atoms with Crippen LogP contribution < -0.4 is 5.32 Å². The van der Waals surface area contributed by atoms with Crippen LogP contribution in [0.3, 0.4) is 0 Å². The summed E-state index contributed by atoms with van der Waals surface area (Å²) in [4.78, 5) is 22.4. The minimum atomic E-state index is -0.813. The number of benzene rings is 1. The van der Waals surface area contributed by atoms with Crippen molar-refractivity contribution in [2.24, 2.45) is 5.92 Å². The number of carboxylic acids is 1. The van der Waals surface area contributed by atoms with Crippen molar-refractivity contribution in [3.8, 4) is 0 Å². The summed E-state index contributed by atoms with van der Waals surface area (Å²) in [6.45, 7) is 7.44. The fourth-order valence-corrected chi connectivity index (χ4v) is 1.80. The van der Waals surface area contributed by atoms with Crippen LogP contribution >= 0.6 is 0 Å². The summed E-state index contributed by atoms with van der Waals surface area (Å²) in [5, 5.41) is 11.6. The Hall–Kier alpha value is -2.04. The SMILES string of the molecule is CC(Cc1cccc(CNC(=O)OC(C)(C)C)c1)C(=O)O. The maximum atomic E-state index is 11.6. The molecule has 1 aromatic rings. The molecule has 1 rings (SSSR count). The Morgan fingerprint density at radius 1 is 1.29 bits per heavy atom. The zero-order valence-electron chi connectivity index (χ0n) is 13.0. The second-order valence-corrected chi connectivity index (χ2v) is 6.12. The number of carbonyl (C=O) groups excluding carboxylic acids is 1. The lowest BCUT2D eigenvalue weighted by Gasteiger charge is -2.19. The molecule has 0 saturated heterocycles. The van der Waals surface area contributed by atoms with E-state index in [1.165, 1.54) is 0 Å². The van der Waals surface area contributed by atoms with Gasteiger partial charge in [0.1, 0.15) is 5.60 Å². The maximum absolute atomic E-state index is 11.6. The zero-order valence-corrected chi connectivity index (χ0v) is 13.0. The lowest BCUT2D eigenvalue weighted by Crippen LogP contribution is -2.32. The van der Waals surface area contributed by atoms with Crippen LogP contribution in [0.5, 0.6) is 0 Å². The summed E-state index contributed by atoms with van der Waals surface area (Å²) < 4.78 is 5.16. The third-order valence-corrected chi connectivity index (χ3v) is 2.79. The van der Waals surface area contributed by atoms with E-state index < -0.39 is 23.6 Å². The first kappa shape index (κ1) is 17.0. The molecule has 5 heteroatoms. The van der Waals surface area contributed by atoms with Gasteiger partial charge in [0, 0.05) is 6.54 Å². The number of nitrogens with one attached hydrogen (secondary N) is 1. The molecule has 0 aromatic heterocycles. The Morgan fingerprint density at radius 2 is 1.90 bits per heavy atom. The zero-order chi connectivity index (χ0) is 16.0. The summed E-state index contributed by atoms with van der Waals surface area (Å²) >= 11 is 0. The number of carbonyl (C=O) groups is 2. The molecule has 0 spiro atoms. The van der Waals surface area contributed by atoms with Gasteiger partial charge in [0.2, 0.25) is 0 Å². The van der Waals surface area contributed by atoms with E-state index in [9.17, 15) is 9.59 Å². The van der Waals surface area contributed by atoms with E-state index in [0.717, 1.165) is 11.1 Å². The second kappa shape index (κ2) is 7.11. The molecule has 0 aliphatic carbocycles. The Balaban J connectivity index is 2.57. The van der Waals surface area contributed by atoms with Crippen LogP contribution in [0.15, 0.2) is 24.3 Å². The smallest absolute Gasteiger partial charge is 0.407 e. The molecular weight excluding hydrogens is 270 g/mol. The molecule has 0 aliphatic heterocycles. The van der Waals surface area contributed by atoms with Gasteiger partial charge >= 0.3 is 12.1 Å². The molecule has 1 amide bonds. The Kier molecular flexibility index (Phi) is 5.76. The molecule has 0 fully saturated rings. The van der Waals surface area contributed by atoms with Gasteiger partial charge in [-0.1, -0.05) is 31.2 Å². The summed E-state index contributed by atoms with van der Waals surface area (Å²) in [6, 6.07) is 7.52. The number of amides is 1. The number of hydrogen-bond acceptors (Lipinski definition) is 3. The summed E-state index contributed by atoms with van der Waals surface area (Å²) in [5.74, 6) is -1.24. The van der Waals surface area contributed by atoms with E-state index in [2.05, 4.69) is 5.32 Å². The van der Waals surface area contributed by atoms with Crippen molar-refractivity contribution in [2.45, 2.75) is 46.3 Å². The molecule has 1 aromatic carbocycles. The van der Waals surface area contributed by atoms with Crippen molar-refractivity contribution >= 4 is 12.1 Å². The van der Waals surface area contributed by atoms with Crippen LogP contribution in [0, 0.1) is 5.92 Å². The fraction of sp³-hybridized carbons (Fsp3) is 0.500. The van der Waals surface area contributed by atoms with Gasteiger partial charge in [0.15, 0.2) is 0 Å². The van der Waals surface area contributed by atoms with Crippen LogP contribution in [0.4, 0.5) is 4.79 Å². The van der Waals surface area contributed by atoms with Gasteiger partial charge in [0.25, 0.3) is 0 Å². The third kappa shape index (κ3) is 6.79. The highest BCUT2D eigenvalue weighted by Crippen LogP contribution is 2.12. The number of carboxylic acid groups (broad SMARTS) is 1. The monoisotopic (exact) mass is 293 g/mol. The van der Waals surface area contributed by atoms with E-state index in [-0.39, 0.29) is 0 Å². The van der Waals surface area contributed by atoms with E-state index in [1.807, 2.05) is 24.3 Å². The van der Waals surface area contributed by atoms with Crippen LogP contribution in [0.2, 0.25) is 0 Å². The molecule has 2 N–H and O–H groups in total. The van der Waals surface area contributed by atoms with E-state index in [4.69, 9.17) is 9.84 Å². The van der Waals surface area contributed by atoms with Crippen LogP contribution in [-0.2, 0) is 22.5 Å². The average Bonchev–Trinajstić information content (AvgIpc) is 2.34. The first-order chi connectivity index (χ1) is 9.67. The standard InChI is InChI=1S/C16H23NO4/c1-11(14(18)19)8-12-6-5-7-13(9-12)10-17-15(20)21-16(2,3)4/h5-7,9,11H,8,10H2,1-4H3,(H,17,20)(H,18,19). The first-order valence-electron chi connectivity index (χ1n) is 6.95. The number of ether oxygens (including phenoxy) is 1. The molecule has 1 atom stereocenters. The molecule has 0 bridgehead atoms. The Bertz CT molecular complexity index is 505. The quantitative estimate of drug-likeness (QED) is 0.875. The summed E-state index contributed by atoms with van der Waals surface area (Å²) in [7, 11) is 0. The minimum absolute atomic E-state index is 0.351. The van der Waals surface area contributed by atoms with Crippen LogP contribution in [-0.4, -0.2) is 22.8 Å². The molecular formula is C16H23NO4. The van der Waals surface area contributed by atoms with Gasteiger partial charge < -0.3 is 15.2 Å². The normalized spacial score (nSPS) is 12.6. The molecule has 5 nitrogen and oxygen atoms in total. The number of alkyl carbamates (subject to hydrolysis) is 1. The molecule has 0 heterocycles. The van der Waals surface area contributed by atoms with Crippen molar-refractivity contribution in [1.82, 2.24) is 5.32 Å². The van der Waals surface area contributed by atoms with E-state index >= 15 is 0 Å². The topological polar surface area (TPSA) is 75.6 Å². The molecule has 0 saturated carbocycles. The second-order valence-electron chi connectivity index (χ2n) is 6.12. The molecule has 0 radical (unpaired) electrons. The van der Waals surface area contributed by atoms with E-state index in [1.54, 1.807) is 27.7 Å². The highest BCUT2D eigenvalue weighted by molar-refractivity contribution is 5.70. The summed E-state index contributed by atoms with van der Waals surface area (Å²) in [6.07, 6.45) is 0.00195. The summed E-state index contributed by atoms with van der Waals surface area (Å²) in [5.41, 5.74) is 1.33. The highest BCUT2D eigenvalue weighted by atomic mass is 16.6. The Labute approximate surface area is 125 Å². The Morgan fingerprint density at radius 3 is 2.48 bits per heavy atom. The lowest BCUT2D eigenvalue weighted by atomic mass is 10.00.